The molecule has 0 saturated carbocycles. The molecule has 1 aromatic carbocycles. The van der Waals surface area contributed by atoms with E-state index in [0.717, 1.165) is 16.9 Å². The second-order valence-corrected chi connectivity index (χ2v) is 3.60. The molecule has 0 spiro atoms. The van der Waals surface area contributed by atoms with E-state index in [1.165, 1.54) is 0 Å². The minimum atomic E-state index is 0.243. The van der Waals surface area contributed by atoms with E-state index >= 15 is 0 Å². The zero-order valence-electron chi connectivity index (χ0n) is 9.03. The lowest BCUT2D eigenvalue weighted by atomic mass is 10.1. The maximum atomic E-state index is 5.60. The number of benzene rings is 1. The van der Waals surface area contributed by atoms with Gasteiger partial charge in [-0.2, -0.15) is 4.98 Å². The van der Waals surface area contributed by atoms with E-state index in [0.29, 0.717) is 11.7 Å². The van der Waals surface area contributed by atoms with Gasteiger partial charge >= 0.3 is 0 Å². The van der Waals surface area contributed by atoms with Crippen molar-refractivity contribution in [3.05, 3.63) is 29.6 Å². The maximum Gasteiger partial charge on any atom is 0.258 e. The lowest BCUT2D eigenvalue weighted by molar-refractivity contribution is 0.409. The van der Waals surface area contributed by atoms with Crippen LogP contribution in [0.25, 0.3) is 11.5 Å². The molecule has 5 heteroatoms. The highest BCUT2D eigenvalue weighted by molar-refractivity contribution is 6.16. The largest absolute Gasteiger partial charge is 0.496 e. The van der Waals surface area contributed by atoms with E-state index < -0.39 is 0 Å². The van der Waals surface area contributed by atoms with Crippen molar-refractivity contribution in [3.8, 4) is 17.2 Å². The highest BCUT2D eigenvalue weighted by Gasteiger charge is 2.09. The van der Waals surface area contributed by atoms with Crippen LogP contribution in [0.2, 0.25) is 0 Å². The van der Waals surface area contributed by atoms with E-state index in [1.54, 1.807) is 7.11 Å². The highest BCUT2D eigenvalue weighted by atomic mass is 35.5. The Morgan fingerprint density at radius 2 is 2.25 bits per heavy atom. The lowest BCUT2D eigenvalue weighted by Gasteiger charge is -2.04. The summed E-state index contributed by atoms with van der Waals surface area (Å²) in [6.07, 6.45) is 0. The fourth-order valence-corrected chi connectivity index (χ4v) is 1.49. The first-order chi connectivity index (χ1) is 7.74. The summed E-state index contributed by atoms with van der Waals surface area (Å²) < 4.78 is 10.3. The normalized spacial score (nSPS) is 10.4. The molecule has 0 aliphatic rings. The number of hydrogen-bond acceptors (Lipinski definition) is 4. The van der Waals surface area contributed by atoms with Crippen LogP contribution >= 0.6 is 11.6 Å². The Hall–Kier alpha value is -1.55. The number of aromatic nitrogens is 2. The van der Waals surface area contributed by atoms with Gasteiger partial charge in [0.25, 0.3) is 5.89 Å². The van der Waals surface area contributed by atoms with Gasteiger partial charge in [0.2, 0.25) is 0 Å². The fourth-order valence-electron chi connectivity index (χ4n) is 1.38. The average molecular weight is 239 g/mol. The van der Waals surface area contributed by atoms with Crippen LogP contribution in [0.4, 0.5) is 0 Å². The van der Waals surface area contributed by atoms with Crippen LogP contribution < -0.4 is 4.74 Å². The molecule has 2 rings (SSSR count). The van der Waals surface area contributed by atoms with Gasteiger partial charge in [-0.25, -0.2) is 0 Å². The van der Waals surface area contributed by atoms with Gasteiger partial charge < -0.3 is 9.26 Å². The molecule has 1 heterocycles. The molecule has 0 saturated heterocycles. The van der Waals surface area contributed by atoms with E-state index in [2.05, 4.69) is 10.1 Å². The van der Waals surface area contributed by atoms with Crippen LogP contribution in [0.3, 0.4) is 0 Å². The van der Waals surface area contributed by atoms with E-state index in [4.69, 9.17) is 20.9 Å². The van der Waals surface area contributed by atoms with Crippen LogP contribution in [0.1, 0.15) is 11.4 Å². The van der Waals surface area contributed by atoms with E-state index in [9.17, 15) is 0 Å². The van der Waals surface area contributed by atoms with Crippen LogP contribution in [0.5, 0.6) is 5.75 Å². The summed E-state index contributed by atoms with van der Waals surface area (Å²) in [4.78, 5) is 4.14. The molecule has 4 nitrogen and oxygen atoms in total. The first-order valence-corrected chi connectivity index (χ1v) is 5.31. The molecule has 1 aromatic heterocycles. The smallest absolute Gasteiger partial charge is 0.258 e. The molecule has 0 aliphatic heterocycles. The van der Waals surface area contributed by atoms with Crippen molar-refractivity contribution in [2.24, 2.45) is 0 Å². The molecule has 0 N–H and O–H groups in total. The minimum absolute atomic E-state index is 0.243. The Morgan fingerprint density at radius 1 is 1.44 bits per heavy atom. The van der Waals surface area contributed by atoms with Crippen molar-refractivity contribution in [1.82, 2.24) is 10.1 Å². The summed E-state index contributed by atoms with van der Waals surface area (Å²) >= 11 is 5.60. The predicted molar refractivity (Wildman–Crippen MR) is 60.6 cm³/mol. The Bertz CT molecular complexity index is 496. The molecule has 0 amide bonds. The monoisotopic (exact) mass is 238 g/mol. The third-order valence-corrected chi connectivity index (χ3v) is 2.48. The number of halogens is 1. The number of aryl methyl sites for hydroxylation is 1. The van der Waals surface area contributed by atoms with Crippen molar-refractivity contribution in [3.63, 3.8) is 0 Å². The summed E-state index contributed by atoms with van der Waals surface area (Å²) in [5.74, 6) is 1.97. The van der Waals surface area contributed by atoms with Crippen LogP contribution in [-0.4, -0.2) is 17.3 Å². The molecule has 0 radical (unpaired) electrons. The summed E-state index contributed by atoms with van der Waals surface area (Å²) in [6, 6.07) is 5.71. The maximum absolute atomic E-state index is 5.60. The number of hydrogen-bond donors (Lipinski definition) is 0. The van der Waals surface area contributed by atoms with Gasteiger partial charge in [-0.15, -0.1) is 11.6 Å². The summed E-state index contributed by atoms with van der Waals surface area (Å²) in [6.45, 7) is 1.97. The third-order valence-electron chi connectivity index (χ3n) is 2.24. The second-order valence-electron chi connectivity index (χ2n) is 3.33. The van der Waals surface area contributed by atoms with Gasteiger partial charge in [-0.05, 0) is 24.6 Å². The van der Waals surface area contributed by atoms with E-state index in [1.807, 2.05) is 25.1 Å². The molecule has 0 aliphatic carbocycles. The Labute approximate surface area is 98.2 Å². The number of ether oxygens (including phenoxy) is 1. The van der Waals surface area contributed by atoms with Crippen molar-refractivity contribution in [1.29, 1.82) is 0 Å². The number of nitrogens with zero attached hydrogens (tertiary/aromatic N) is 2. The first-order valence-electron chi connectivity index (χ1n) is 4.78. The van der Waals surface area contributed by atoms with E-state index in [-0.39, 0.29) is 5.88 Å². The van der Waals surface area contributed by atoms with Crippen LogP contribution in [0, 0.1) is 6.92 Å². The molecular formula is C11H11ClN2O2. The second kappa shape index (κ2) is 4.53. The fraction of sp³-hybridized carbons (Fsp3) is 0.273. The number of methoxy groups -OCH3 is 1. The summed E-state index contributed by atoms with van der Waals surface area (Å²) in [5.41, 5.74) is 1.88. The molecule has 84 valence electrons. The number of alkyl halides is 1. The SMILES string of the molecule is COc1cc(-c2nc(CCl)no2)ccc1C. The zero-order valence-corrected chi connectivity index (χ0v) is 9.78. The van der Waals surface area contributed by atoms with Crippen LogP contribution in [-0.2, 0) is 5.88 Å². The van der Waals surface area contributed by atoms with Crippen molar-refractivity contribution >= 4 is 11.6 Å². The van der Waals surface area contributed by atoms with Gasteiger partial charge in [-0.3, -0.25) is 0 Å². The molecule has 2 aromatic rings. The topological polar surface area (TPSA) is 48.2 Å². The standard InChI is InChI=1S/C11H11ClN2O2/c1-7-3-4-8(5-9(7)15-2)11-13-10(6-12)14-16-11/h3-5H,6H2,1-2H3. The molecule has 16 heavy (non-hydrogen) atoms. The molecule has 0 bridgehead atoms. The first kappa shape index (κ1) is 11.0. The minimum Gasteiger partial charge on any atom is -0.496 e. The predicted octanol–water partition coefficient (Wildman–Crippen LogP) is 2.79. The Balaban J connectivity index is 2.40. The molecule has 0 atom stereocenters. The van der Waals surface area contributed by atoms with Gasteiger partial charge in [0.1, 0.15) is 5.75 Å². The third kappa shape index (κ3) is 2.02. The van der Waals surface area contributed by atoms with Gasteiger partial charge in [0.05, 0.1) is 13.0 Å². The van der Waals surface area contributed by atoms with Crippen molar-refractivity contribution in [2.75, 3.05) is 7.11 Å². The Morgan fingerprint density at radius 3 is 2.88 bits per heavy atom. The summed E-state index contributed by atoms with van der Waals surface area (Å²) in [5, 5.41) is 3.73. The molecular weight excluding hydrogens is 228 g/mol. The average Bonchev–Trinajstić information content (AvgIpc) is 2.78. The molecule has 0 fully saturated rings. The quantitative estimate of drug-likeness (QED) is 0.772. The number of rotatable bonds is 3. The Kier molecular flexibility index (Phi) is 3.10. The molecule has 0 unspecified atom stereocenters. The van der Waals surface area contributed by atoms with Gasteiger partial charge in [0, 0.05) is 5.56 Å². The van der Waals surface area contributed by atoms with Gasteiger partial charge in [0.15, 0.2) is 5.82 Å². The zero-order chi connectivity index (χ0) is 11.5. The van der Waals surface area contributed by atoms with Crippen LogP contribution in [0.15, 0.2) is 22.7 Å². The highest BCUT2D eigenvalue weighted by Crippen LogP contribution is 2.25. The van der Waals surface area contributed by atoms with Crippen molar-refractivity contribution in [2.45, 2.75) is 12.8 Å². The summed E-state index contributed by atoms with van der Waals surface area (Å²) in [7, 11) is 1.63. The lowest BCUT2D eigenvalue weighted by Crippen LogP contribution is -1.88. The van der Waals surface area contributed by atoms with Gasteiger partial charge in [-0.1, -0.05) is 11.2 Å². The van der Waals surface area contributed by atoms with Crippen molar-refractivity contribution < 1.29 is 9.26 Å².